The number of hydrogen-bond donors (Lipinski definition) is 1. The number of nitrogens with zero attached hydrogens (tertiary/aromatic N) is 2. The first-order chi connectivity index (χ1) is 18.4. The van der Waals surface area contributed by atoms with Crippen molar-refractivity contribution in [1.82, 2.24) is 4.57 Å². The number of fused-ring (bicyclic) bond motifs is 1. The van der Waals surface area contributed by atoms with Gasteiger partial charge in [-0.1, -0.05) is 60.7 Å². The number of allylic oxidation sites excluding steroid dienone is 1. The zero-order valence-corrected chi connectivity index (χ0v) is 21.8. The minimum Gasteiger partial charge on any atom is -0.494 e. The first-order valence-electron chi connectivity index (χ1n) is 12.3. The van der Waals surface area contributed by atoms with E-state index in [0.29, 0.717) is 38.5 Å². The van der Waals surface area contributed by atoms with Crippen LogP contribution in [0.1, 0.15) is 37.4 Å². The number of aromatic nitrogens is 1. The minimum atomic E-state index is -0.762. The van der Waals surface area contributed by atoms with E-state index in [1.165, 1.54) is 28.0 Å². The van der Waals surface area contributed by atoms with Gasteiger partial charge in [-0.25, -0.2) is 9.38 Å². The van der Waals surface area contributed by atoms with Gasteiger partial charge in [0.05, 0.1) is 28.5 Å². The third-order valence-electron chi connectivity index (χ3n) is 6.13. The van der Waals surface area contributed by atoms with E-state index >= 15 is 0 Å². The van der Waals surface area contributed by atoms with Crippen LogP contribution in [0, 0.1) is 5.82 Å². The normalized spacial score (nSPS) is 15.1. The summed E-state index contributed by atoms with van der Waals surface area (Å²) in [6.07, 6.45) is 2.72. The molecule has 8 heteroatoms. The molecule has 1 amide bonds. The van der Waals surface area contributed by atoms with E-state index in [1.54, 1.807) is 37.3 Å². The van der Waals surface area contributed by atoms with Crippen molar-refractivity contribution in [2.24, 2.45) is 4.99 Å². The van der Waals surface area contributed by atoms with Gasteiger partial charge < -0.3 is 10.1 Å². The maximum absolute atomic E-state index is 13.8. The van der Waals surface area contributed by atoms with Gasteiger partial charge >= 0.3 is 0 Å². The van der Waals surface area contributed by atoms with Crippen LogP contribution in [-0.2, 0) is 4.79 Å². The predicted molar refractivity (Wildman–Crippen MR) is 147 cm³/mol. The van der Waals surface area contributed by atoms with Gasteiger partial charge in [0.2, 0.25) is 0 Å². The number of anilines is 1. The zero-order chi connectivity index (χ0) is 26.6. The van der Waals surface area contributed by atoms with Gasteiger partial charge in [-0.2, -0.15) is 0 Å². The van der Waals surface area contributed by atoms with Crippen molar-refractivity contribution in [3.63, 3.8) is 0 Å². The van der Waals surface area contributed by atoms with E-state index in [4.69, 9.17) is 4.74 Å². The van der Waals surface area contributed by atoms with E-state index in [-0.39, 0.29) is 11.5 Å². The van der Waals surface area contributed by atoms with Crippen LogP contribution in [0.3, 0.4) is 0 Å². The Kier molecular flexibility index (Phi) is 7.33. The Morgan fingerprint density at radius 3 is 2.47 bits per heavy atom. The first kappa shape index (κ1) is 25.4. The molecule has 2 heterocycles. The van der Waals surface area contributed by atoms with E-state index in [9.17, 15) is 14.0 Å². The average Bonchev–Trinajstić information content (AvgIpc) is 3.22. The van der Waals surface area contributed by atoms with Gasteiger partial charge in [-0.05, 0) is 66.9 Å². The van der Waals surface area contributed by atoms with Crippen molar-refractivity contribution in [1.29, 1.82) is 0 Å². The molecular weight excluding hydrogens is 501 g/mol. The molecule has 1 aliphatic rings. The Morgan fingerprint density at radius 2 is 1.79 bits per heavy atom. The molecule has 0 radical (unpaired) electrons. The Morgan fingerprint density at radius 1 is 1.08 bits per heavy atom. The molecule has 1 aliphatic heterocycles. The second-order valence-electron chi connectivity index (χ2n) is 8.87. The summed E-state index contributed by atoms with van der Waals surface area (Å²) in [6, 6.07) is 21.7. The van der Waals surface area contributed by atoms with Gasteiger partial charge in [-0.15, -0.1) is 0 Å². The van der Waals surface area contributed by atoms with E-state index in [1.807, 2.05) is 49.4 Å². The van der Waals surface area contributed by atoms with Gasteiger partial charge in [0, 0.05) is 5.69 Å². The number of hydrogen-bond acceptors (Lipinski definition) is 5. The Balaban J connectivity index is 1.60. The molecule has 4 aromatic rings. The van der Waals surface area contributed by atoms with E-state index in [2.05, 4.69) is 10.3 Å². The van der Waals surface area contributed by atoms with Crippen LogP contribution in [0.4, 0.5) is 10.1 Å². The highest BCUT2D eigenvalue weighted by atomic mass is 32.1. The third-order valence-corrected chi connectivity index (χ3v) is 7.12. The molecule has 1 aromatic heterocycles. The van der Waals surface area contributed by atoms with Crippen LogP contribution in [0.15, 0.2) is 99.9 Å². The lowest BCUT2D eigenvalue weighted by Gasteiger charge is -2.25. The number of ether oxygens (including phenoxy) is 1. The zero-order valence-electron chi connectivity index (χ0n) is 21.0. The number of carbonyl (C=O) groups is 1. The molecule has 38 heavy (non-hydrogen) atoms. The molecule has 0 saturated heterocycles. The number of para-hydroxylation sites is 1. The van der Waals surface area contributed by atoms with Gasteiger partial charge in [0.25, 0.3) is 11.5 Å². The van der Waals surface area contributed by atoms with Crippen molar-refractivity contribution in [3.05, 3.63) is 127 Å². The highest BCUT2D eigenvalue weighted by Gasteiger charge is 2.32. The second-order valence-corrected chi connectivity index (χ2v) is 9.88. The van der Waals surface area contributed by atoms with Gasteiger partial charge in [0.1, 0.15) is 11.6 Å². The first-order valence-corrected chi connectivity index (χ1v) is 13.1. The molecular formula is C30H26FN3O3S. The number of benzene rings is 3. The van der Waals surface area contributed by atoms with E-state index in [0.717, 1.165) is 17.7 Å². The summed E-state index contributed by atoms with van der Waals surface area (Å²) in [7, 11) is 0. The van der Waals surface area contributed by atoms with Crippen molar-refractivity contribution < 1.29 is 13.9 Å². The van der Waals surface area contributed by atoms with Crippen LogP contribution >= 0.6 is 11.3 Å². The largest absolute Gasteiger partial charge is 0.494 e. The summed E-state index contributed by atoms with van der Waals surface area (Å²) in [5.74, 6) is -0.00121. The topological polar surface area (TPSA) is 72.7 Å². The Bertz CT molecular complexity index is 1670. The summed E-state index contributed by atoms with van der Waals surface area (Å²) in [5, 5.41) is 2.91. The second kappa shape index (κ2) is 11.0. The fraction of sp³-hybridized carbons (Fsp3) is 0.167. The summed E-state index contributed by atoms with van der Waals surface area (Å²) in [5.41, 5.74) is 2.64. The van der Waals surface area contributed by atoms with Crippen molar-refractivity contribution >= 4 is 29.0 Å². The fourth-order valence-corrected chi connectivity index (χ4v) is 5.37. The number of amides is 1. The maximum atomic E-state index is 13.8. The highest BCUT2D eigenvalue weighted by molar-refractivity contribution is 7.07. The lowest BCUT2D eigenvalue weighted by molar-refractivity contribution is -0.113. The molecule has 0 saturated carbocycles. The highest BCUT2D eigenvalue weighted by Crippen LogP contribution is 2.31. The molecule has 0 spiro atoms. The van der Waals surface area contributed by atoms with Crippen molar-refractivity contribution in [2.75, 3.05) is 11.9 Å². The predicted octanol–water partition coefficient (Wildman–Crippen LogP) is 4.80. The van der Waals surface area contributed by atoms with Crippen LogP contribution in [0.25, 0.3) is 6.08 Å². The molecule has 192 valence electrons. The molecule has 0 fully saturated rings. The lowest BCUT2D eigenvalue weighted by Crippen LogP contribution is -2.40. The van der Waals surface area contributed by atoms with Gasteiger partial charge in [0.15, 0.2) is 4.80 Å². The van der Waals surface area contributed by atoms with Crippen LogP contribution < -0.4 is 24.9 Å². The standard InChI is InChI=1S/C30H26FN3O3S/c1-3-17-37-24-15-9-20(10-16-24)18-25-29(36)34-27(21-11-13-22(31)14-12-21)26(19(2)32-30(34)38-25)28(35)33-23-7-5-4-6-8-23/h4-16,18,27H,3,17H2,1-2H3,(H,33,35)/b25-18-/t27-/m0/s1. The minimum absolute atomic E-state index is 0.271. The summed E-state index contributed by atoms with van der Waals surface area (Å²) in [6.45, 7) is 4.44. The quantitative estimate of drug-likeness (QED) is 0.375. The van der Waals surface area contributed by atoms with Gasteiger partial charge in [-0.3, -0.25) is 14.2 Å². The summed E-state index contributed by atoms with van der Waals surface area (Å²) < 4.78 is 21.5. The van der Waals surface area contributed by atoms with Crippen LogP contribution in [0.5, 0.6) is 5.75 Å². The molecule has 3 aromatic carbocycles. The molecule has 0 bridgehead atoms. The smallest absolute Gasteiger partial charge is 0.271 e. The summed E-state index contributed by atoms with van der Waals surface area (Å²) >= 11 is 1.25. The number of carbonyl (C=O) groups excluding carboxylic acids is 1. The van der Waals surface area contributed by atoms with Crippen molar-refractivity contribution in [3.8, 4) is 5.75 Å². The Hall–Kier alpha value is -4.30. The molecule has 6 nitrogen and oxygen atoms in total. The van der Waals surface area contributed by atoms with Crippen LogP contribution in [0.2, 0.25) is 0 Å². The number of rotatable bonds is 7. The molecule has 0 aliphatic carbocycles. The number of halogens is 1. The lowest BCUT2D eigenvalue weighted by atomic mass is 9.95. The number of nitrogens with one attached hydrogen (secondary N) is 1. The van der Waals surface area contributed by atoms with Crippen LogP contribution in [-0.4, -0.2) is 17.1 Å². The number of thiazole rings is 1. The summed E-state index contributed by atoms with van der Waals surface area (Å²) in [4.78, 5) is 32.4. The SMILES string of the molecule is CCCOc1ccc(/C=c2\sc3n(c2=O)[C@@H](c2ccc(F)cc2)C(C(=O)Nc2ccccc2)=C(C)N=3)cc1. The molecule has 0 unspecified atom stereocenters. The molecule has 1 N–H and O–H groups in total. The third kappa shape index (κ3) is 5.21. The maximum Gasteiger partial charge on any atom is 0.271 e. The van der Waals surface area contributed by atoms with E-state index < -0.39 is 11.9 Å². The average molecular weight is 528 g/mol. The molecule has 5 rings (SSSR count). The monoisotopic (exact) mass is 527 g/mol. The van der Waals surface area contributed by atoms with Crippen molar-refractivity contribution in [2.45, 2.75) is 26.3 Å². The Labute approximate surface area is 223 Å². The molecule has 1 atom stereocenters. The fourth-order valence-electron chi connectivity index (χ4n) is 4.32.